The first-order chi connectivity index (χ1) is 21.4. The maximum absolute atomic E-state index is 13.4. The summed E-state index contributed by atoms with van der Waals surface area (Å²) in [7, 11) is 0. The van der Waals surface area contributed by atoms with E-state index < -0.39 is 17.1 Å². The molecule has 0 bridgehead atoms. The Hall–Kier alpha value is -5.47. The number of carbonyl (C=O) groups is 3. The van der Waals surface area contributed by atoms with Gasteiger partial charge < -0.3 is 16.0 Å². The molecule has 0 aliphatic heterocycles. The Labute approximate surface area is 260 Å². The Morgan fingerprint density at radius 3 is 2.02 bits per heavy atom. The van der Waals surface area contributed by atoms with Gasteiger partial charge in [0.1, 0.15) is 10.9 Å². The van der Waals surface area contributed by atoms with Gasteiger partial charge in [0.15, 0.2) is 0 Å². The van der Waals surface area contributed by atoms with E-state index in [-0.39, 0.29) is 11.6 Å². The van der Waals surface area contributed by atoms with E-state index in [1.54, 1.807) is 67.0 Å². The molecule has 1 unspecified atom stereocenters. The van der Waals surface area contributed by atoms with E-state index in [1.165, 1.54) is 11.8 Å². The number of aryl methyl sites for hydroxylation is 1. The lowest BCUT2D eigenvalue weighted by atomic mass is 10.1. The Kier molecular flexibility index (Phi) is 9.97. The molecule has 4 aromatic carbocycles. The molecule has 3 N–H and O–H groups in total. The molecule has 0 spiro atoms. The molecule has 3 amide bonds. The fourth-order valence-corrected chi connectivity index (χ4v) is 5.29. The summed E-state index contributed by atoms with van der Waals surface area (Å²) >= 11 is 1.41. The van der Waals surface area contributed by atoms with Gasteiger partial charge in [0.2, 0.25) is 5.91 Å². The minimum Gasteiger partial charge on any atom is -0.325 e. The summed E-state index contributed by atoms with van der Waals surface area (Å²) in [5.74, 6) is -1.03. The van der Waals surface area contributed by atoms with E-state index >= 15 is 0 Å². The molecule has 8 heteroatoms. The van der Waals surface area contributed by atoms with Gasteiger partial charge in [0, 0.05) is 34.2 Å². The van der Waals surface area contributed by atoms with E-state index in [9.17, 15) is 14.4 Å². The van der Waals surface area contributed by atoms with Gasteiger partial charge >= 0.3 is 0 Å². The fraction of sp³-hybridized carbons (Fsp3) is 0.0556. The van der Waals surface area contributed by atoms with Crippen LogP contribution < -0.4 is 16.0 Å². The van der Waals surface area contributed by atoms with Crippen LogP contribution in [0.4, 0.5) is 11.4 Å². The molecule has 7 nitrogen and oxygen atoms in total. The van der Waals surface area contributed by atoms with Crippen molar-refractivity contribution in [1.82, 2.24) is 10.3 Å². The Bertz CT molecular complexity index is 1740. The standard InChI is InChI=1S/C36H30N4O3S/c1-25-14-16-29(17-15-25)39-36(43)33(27-10-4-2-5-11-27)44-31-20-18-30(19-21-31)38-35(42)32(23-26-9-8-22-37-24-26)40-34(41)28-12-6-3-7-13-28/h2-24,33H,1H3,(H,38,42)(H,39,43)(H,40,41)/b32-23-. The van der Waals surface area contributed by atoms with Gasteiger partial charge in [-0.1, -0.05) is 72.3 Å². The average Bonchev–Trinajstić information content (AvgIpc) is 3.06. The highest BCUT2D eigenvalue weighted by Gasteiger charge is 2.22. The second-order valence-electron chi connectivity index (χ2n) is 9.91. The highest BCUT2D eigenvalue weighted by molar-refractivity contribution is 8.00. The lowest BCUT2D eigenvalue weighted by Gasteiger charge is -2.17. The zero-order valence-electron chi connectivity index (χ0n) is 23.9. The van der Waals surface area contributed by atoms with Gasteiger partial charge in [-0.2, -0.15) is 0 Å². The molecular weight excluding hydrogens is 568 g/mol. The summed E-state index contributed by atoms with van der Waals surface area (Å²) < 4.78 is 0. The number of amides is 3. The number of rotatable bonds is 10. The zero-order chi connectivity index (χ0) is 30.7. The molecule has 44 heavy (non-hydrogen) atoms. The van der Waals surface area contributed by atoms with Crippen molar-refractivity contribution in [3.8, 4) is 0 Å². The van der Waals surface area contributed by atoms with Crippen molar-refractivity contribution in [3.63, 3.8) is 0 Å². The van der Waals surface area contributed by atoms with Gasteiger partial charge in [-0.25, -0.2) is 0 Å². The van der Waals surface area contributed by atoms with Gasteiger partial charge in [0.25, 0.3) is 11.8 Å². The van der Waals surface area contributed by atoms with Crippen LogP contribution in [0.1, 0.15) is 32.3 Å². The summed E-state index contributed by atoms with van der Waals surface area (Å²) in [6, 6.07) is 36.7. The fourth-order valence-electron chi connectivity index (χ4n) is 4.27. The molecule has 1 aromatic heterocycles. The van der Waals surface area contributed by atoms with Gasteiger partial charge in [0.05, 0.1) is 0 Å². The van der Waals surface area contributed by atoms with Crippen LogP contribution in [0.25, 0.3) is 6.08 Å². The van der Waals surface area contributed by atoms with E-state index in [2.05, 4.69) is 20.9 Å². The third-order valence-corrected chi connectivity index (χ3v) is 7.82. The first-order valence-electron chi connectivity index (χ1n) is 13.9. The van der Waals surface area contributed by atoms with Crippen molar-refractivity contribution < 1.29 is 14.4 Å². The number of pyridine rings is 1. The van der Waals surface area contributed by atoms with Crippen LogP contribution in [-0.2, 0) is 9.59 Å². The molecule has 0 radical (unpaired) electrons. The zero-order valence-corrected chi connectivity index (χ0v) is 24.8. The van der Waals surface area contributed by atoms with Crippen molar-refractivity contribution >= 4 is 46.9 Å². The maximum atomic E-state index is 13.4. The van der Waals surface area contributed by atoms with Crippen molar-refractivity contribution in [3.05, 3.63) is 162 Å². The second kappa shape index (κ2) is 14.6. The quantitative estimate of drug-likeness (QED) is 0.116. The third kappa shape index (κ3) is 8.30. The first-order valence-corrected chi connectivity index (χ1v) is 14.8. The molecule has 0 aliphatic carbocycles. The van der Waals surface area contributed by atoms with E-state index in [4.69, 9.17) is 0 Å². The third-order valence-electron chi connectivity index (χ3n) is 6.55. The molecule has 0 fully saturated rings. The Morgan fingerprint density at radius 2 is 1.36 bits per heavy atom. The molecule has 0 aliphatic rings. The number of thioether (sulfide) groups is 1. The summed E-state index contributed by atoms with van der Waals surface area (Å²) in [6.07, 6.45) is 4.81. The predicted molar refractivity (Wildman–Crippen MR) is 176 cm³/mol. The average molecular weight is 599 g/mol. The molecule has 218 valence electrons. The topological polar surface area (TPSA) is 100 Å². The largest absolute Gasteiger partial charge is 0.325 e. The monoisotopic (exact) mass is 598 g/mol. The summed E-state index contributed by atoms with van der Waals surface area (Å²) in [6.45, 7) is 2.00. The molecule has 1 atom stereocenters. The number of anilines is 2. The number of nitrogens with one attached hydrogen (secondary N) is 3. The maximum Gasteiger partial charge on any atom is 0.272 e. The van der Waals surface area contributed by atoms with Crippen LogP contribution in [-0.4, -0.2) is 22.7 Å². The second-order valence-corrected chi connectivity index (χ2v) is 11.1. The number of aromatic nitrogens is 1. The molecule has 5 aromatic rings. The normalized spacial score (nSPS) is 11.7. The van der Waals surface area contributed by atoms with E-state index in [0.717, 1.165) is 21.7 Å². The number of nitrogens with zero attached hydrogens (tertiary/aromatic N) is 1. The minimum atomic E-state index is -0.500. The minimum absolute atomic E-state index is 0.0715. The van der Waals surface area contributed by atoms with Gasteiger partial charge in [-0.05, 0) is 78.7 Å². The number of hydrogen-bond acceptors (Lipinski definition) is 5. The molecule has 5 rings (SSSR count). The lowest BCUT2D eigenvalue weighted by molar-refractivity contribution is -0.116. The van der Waals surface area contributed by atoms with Crippen LogP contribution in [0.2, 0.25) is 0 Å². The summed E-state index contributed by atoms with van der Waals surface area (Å²) in [4.78, 5) is 44.5. The number of carbonyl (C=O) groups excluding carboxylic acids is 3. The predicted octanol–water partition coefficient (Wildman–Crippen LogP) is 7.27. The van der Waals surface area contributed by atoms with Crippen LogP contribution >= 0.6 is 11.8 Å². The summed E-state index contributed by atoms with van der Waals surface area (Å²) in [5, 5.41) is 8.11. The Morgan fingerprint density at radius 1 is 0.727 bits per heavy atom. The smallest absolute Gasteiger partial charge is 0.272 e. The van der Waals surface area contributed by atoms with Crippen LogP contribution in [0, 0.1) is 6.92 Å². The van der Waals surface area contributed by atoms with Crippen LogP contribution in [0.3, 0.4) is 0 Å². The molecule has 0 saturated carbocycles. The van der Waals surface area contributed by atoms with Gasteiger partial charge in [-0.3, -0.25) is 19.4 Å². The van der Waals surface area contributed by atoms with Crippen LogP contribution in [0.15, 0.2) is 144 Å². The van der Waals surface area contributed by atoms with Crippen molar-refractivity contribution in [2.75, 3.05) is 10.6 Å². The van der Waals surface area contributed by atoms with Crippen molar-refractivity contribution in [2.45, 2.75) is 17.1 Å². The van der Waals surface area contributed by atoms with Crippen molar-refractivity contribution in [1.29, 1.82) is 0 Å². The number of hydrogen-bond donors (Lipinski definition) is 3. The lowest BCUT2D eigenvalue weighted by Crippen LogP contribution is -2.30. The SMILES string of the molecule is Cc1ccc(NC(=O)C(Sc2ccc(NC(=O)/C(=C/c3cccnc3)NC(=O)c3ccccc3)cc2)c2ccccc2)cc1. The van der Waals surface area contributed by atoms with Crippen LogP contribution in [0.5, 0.6) is 0 Å². The van der Waals surface area contributed by atoms with Gasteiger partial charge in [-0.15, -0.1) is 11.8 Å². The van der Waals surface area contributed by atoms with E-state index in [0.29, 0.717) is 16.8 Å². The highest BCUT2D eigenvalue weighted by atomic mass is 32.2. The summed E-state index contributed by atoms with van der Waals surface area (Å²) in [5.41, 5.74) is 4.41. The Balaban J connectivity index is 1.31. The van der Waals surface area contributed by atoms with E-state index in [1.807, 2.05) is 79.7 Å². The molecule has 0 saturated heterocycles. The first kappa shape index (κ1) is 30.0. The molecular formula is C36H30N4O3S. The number of benzene rings is 4. The highest BCUT2D eigenvalue weighted by Crippen LogP contribution is 2.36. The molecule has 1 heterocycles. The van der Waals surface area contributed by atoms with Crippen molar-refractivity contribution in [2.24, 2.45) is 0 Å².